The highest BCUT2D eigenvalue weighted by atomic mass is 35.5. The molecule has 1 aromatic heterocycles. The number of hydrogen-bond donors (Lipinski definition) is 0. The lowest BCUT2D eigenvalue weighted by molar-refractivity contribution is -0.124. The predicted octanol–water partition coefficient (Wildman–Crippen LogP) is 2.96. The highest BCUT2D eigenvalue weighted by Crippen LogP contribution is 2.19. The van der Waals surface area contributed by atoms with Crippen LogP contribution >= 0.6 is 11.6 Å². The van der Waals surface area contributed by atoms with Gasteiger partial charge in [-0.15, -0.1) is 0 Å². The first-order valence-corrected chi connectivity index (χ1v) is 6.78. The summed E-state index contributed by atoms with van der Waals surface area (Å²) in [6.45, 7) is 3.65. The molecule has 2 rings (SSSR count). The Morgan fingerprint density at radius 2 is 2.20 bits per heavy atom. The van der Waals surface area contributed by atoms with Crippen LogP contribution in [0.1, 0.15) is 18.3 Å². The van der Waals surface area contributed by atoms with Gasteiger partial charge in [-0.25, -0.2) is 0 Å². The molecule has 0 spiro atoms. The third kappa shape index (κ3) is 3.61. The molecule has 0 N–H and O–H groups in total. The van der Waals surface area contributed by atoms with E-state index in [9.17, 15) is 4.79 Å². The summed E-state index contributed by atoms with van der Waals surface area (Å²) in [7, 11) is 1.83. The Morgan fingerprint density at radius 3 is 2.80 bits per heavy atom. The Balaban J connectivity index is 2.00. The molecule has 20 heavy (non-hydrogen) atoms. The molecule has 5 heteroatoms. The minimum absolute atomic E-state index is 0.00738. The minimum atomic E-state index is -0.524. The molecule has 1 unspecified atom stereocenters. The Labute approximate surface area is 123 Å². The van der Waals surface area contributed by atoms with Crippen molar-refractivity contribution in [3.63, 3.8) is 0 Å². The molecular weight excluding hydrogens is 276 g/mol. The molecule has 1 atom stereocenters. The van der Waals surface area contributed by atoms with Gasteiger partial charge >= 0.3 is 0 Å². The van der Waals surface area contributed by atoms with Gasteiger partial charge in [0.05, 0.1) is 12.1 Å². The zero-order chi connectivity index (χ0) is 14.7. The average molecular weight is 293 g/mol. The number of rotatable bonds is 5. The van der Waals surface area contributed by atoms with Crippen LogP contribution in [-0.4, -0.2) is 21.7 Å². The van der Waals surface area contributed by atoms with Gasteiger partial charge in [0.15, 0.2) is 11.9 Å². The SMILES string of the molecule is Cc1cc(CC(=O)C(C)Oc2cccc(Cl)c2)n(C)n1. The molecule has 0 bridgehead atoms. The predicted molar refractivity (Wildman–Crippen MR) is 78.2 cm³/mol. The van der Waals surface area contributed by atoms with Crippen LogP contribution in [0.25, 0.3) is 0 Å². The third-order valence-corrected chi connectivity index (χ3v) is 3.25. The molecule has 1 heterocycles. The fourth-order valence-corrected chi connectivity index (χ4v) is 2.14. The van der Waals surface area contributed by atoms with E-state index in [1.807, 2.05) is 20.0 Å². The van der Waals surface area contributed by atoms with E-state index < -0.39 is 6.10 Å². The number of carbonyl (C=O) groups excluding carboxylic acids is 1. The van der Waals surface area contributed by atoms with Crippen molar-refractivity contribution < 1.29 is 9.53 Å². The Bertz CT molecular complexity index is 622. The van der Waals surface area contributed by atoms with E-state index in [0.717, 1.165) is 11.4 Å². The van der Waals surface area contributed by atoms with Crippen molar-refractivity contribution in [1.82, 2.24) is 9.78 Å². The topological polar surface area (TPSA) is 44.1 Å². The van der Waals surface area contributed by atoms with Gasteiger partial charge in [-0.3, -0.25) is 9.48 Å². The van der Waals surface area contributed by atoms with Gasteiger partial charge in [-0.2, -0.15) is 5.10 Å². The van der Waals surface area contributed by atoms with Gasteiger partial charge in [-0.1, -0.05) is 17.7 Å². The first-order chi connectivity index (χ1) is 9.45. The number of benzene rings is 1. The van der Waals surface area contributed by atoms with Crippen LogP contribution in [0, 0.1) is 6.92 Å². The van der Waals surface area contributed by atoms with Crippen molar-refractivity contribution in [3.05, 3.63) is 46.7 Å². The van der Waals surface area contributed by atoms with Crippen molar-refractivity contribution in [3.8, 4) is 5.75 Å². The second-order valence-corrected chi connectivity index (χ2v) is 5.20. The monoisotopic (exact) mass is 292 g/mol. The molecule has 1 aromatic carbocycles. The molecule has 0 amide bonds. The lowest BCUT2D eigenvalue weighted by Crippen LogP contribution is -2.26. The quantitative estimate of drug-likeness (QED) is 0.851. The van der Waals surface area contributed by atoms with Crippen LogP contribution in [0.2, 0.25) is 5.02 Å². The summed E-state index contributed by atoms with van der Waals surface area (Å²) >= 11 is 5.88. The number of halogens is 1. The summed E-state index contributed by atoms with van der Waals surface area (Å²) in [4.78, 5) is 12.2. The van der Waals surface area contributed by atoms with Gasteiger partial charge in [0.25, 0.3) is 0 Å². The molecule has 0 saturated heterocycles. The fraction of sp³-hybridized carbons (Fsp3) is 0.333. The van der Waals surface area contributed by atoms with E-state index in [1.54, 1.807) is 35.9 Å². The smallest absolute Gasteiger partial charge is 0.178 e. The Morgan fingerprint density at radius 1 is 1.45 bits per heavy atom. The Kier molecular flexibility index (Phi) is 4.45. The minimum Gasteiger partial charge on any atom is -0.483 e. The van der Waals surface area contributed by atoms with E-state index >= 15 is 0 Å². The molecule has 106 valence electrons. The second-order valence-electron chi connectivity index (χ2n) is 4.76. The molecule has 0 aliphatic rings. The molecule has 2 aromatic rings. The second kappa shape index (κ2) is 6.09. The number of carbonyl (C=O) groups is 1. The van der Waals surface area contributed by atoms with E-state index in [4.69, 9.17) is 16.3 Å². The number of ether oxygens (including phenoxy) is 1. The largest absolute Gasteiger partial charge is 0.483 e. The van der Waals surface area contributed by atoms with Crippen LogP contribution < -0.4 is 4.74 Å². The maximum absolute atomic E-state index is 12.2. The van der Waals surface area contributed by atoms with Crippen LogP contribution in [0.4, 0.5) is 0 Å². The maximum atomic E-state index is 12.2. The van der Waals surface area contributed by atoms with E-state index in [0.29, 0.717) is 17.2 Å². The number of nitrogens with zero attached hydrogens (tertiary/aromatic N) is 2. The molecule has 0 saturated carbocycles. The van der Waals surface area contributed by atoms with Crippen molar-refractivity contribution >= 4 is 17.4 Å². The highest BCUT2D eigenvalue weighted by Gasteiger charge is 2.17. The van der Waals surface area contributed by atoms with Gasteiger partial charge in [0.1, 0.15) is 5.75 Å². The first-order valence-electron chi connectivity index (χ1n) is 6.40. The number of hydrogen-bond acceptors (Lipinski definition) is 3. The van der Waals surface area contributed by atoms with E-state index in [1.165, 1.54) is 0 Å². The van der Waals surface area contributed by atoms with E-state index in [-0.39, 0.29) is 5.78 Å². The summed E-state index contributed by atoms with van der Waals surface area (Å²) in [5.41, 5.74) is 1.78. The van der Waals surface area contributed by atoms with Crippen molar-refractivity contribution in [1.29, 1.82) is 0 Å². The Hall–Kier alpha value is -1.81. The van der Waals surface area contributed by atoms with Crippen LogP contribution in [0.15, 0.2) is 30.3 Å². The van der Waals surface area contributed by atoms with Crippen LogP contribution in [0.3, 0.4) is 0 Å². The standard InChI is InChI=1S/C15H17ClN2O2/c1-10-7-13(18(3)17-10)9-15(19)11(2)20-14-6-4-5-12(16)8-14/h4-8,11H,9H2,1-3H3. The third-order valence-electron chi connectivity index (χ3n) is 3.02. The molecular formula is C15H17ClN2O2. The normalized spacial score (nSPS) is 12.2. The van der Waals surface area contributed by atoms with Crippen LogP contribution in [0.5, 0.6) is 5.75 Å². The summed E-state index contributed by atoms with van der Waals surface area (Å²) in [6, 6.07) is 8.94. The zero-order valence-electron chi connectivity index (χ0n) is 11.8. The van der Waals surface area contributed by atoms with Crippen molar-refractivity contribution in [2.24, 2.45) is 7.05 Å². The fourth-order valence-electron chi connectivity index (χ4n) is 1.96. The number of aromatic nitrogens is 2. The van der Waals surface area contributed by atoms with Crippen molar-refractivity contribution in [2.45, 2.75) is 26.4 Å². The lowest BCUT2D eigenvalue weighted by Gasteiger charge is -2.13. The molecule has 0 aliphatic heterocycles. The summed E-state index contributed by atoms with van der Waals surface area (Å²) in [5, 5.41) is 4.81. The lowest BCUT2D eigenvalue weighted by atomic mass is 10.1. The van der Waals surface area contributed by atoms with Gasteiger partial charge in [0, 0.05) is 17.8 Å². The highest BCUT2D eigenvalue weighted by molar-refractivity contribution is 6.30. The zero-order valence-corrected chi connectivity index (χ0v) is 12.5. The van der Waals surface area contributed by atoms with Crippen LogP contribution in [-0.2, 0) is 18.3 Å². The molecule has 0 aliphatic carbocycles. The van der Waals surface area contributed by atoms with Gasteiger partial charge in [0.2, 0.25) is 0 Å². The first kappa shape index (κ1) is 14.6. The molecule has 0 fully saturated rings. The van der Waals surface area contributed by atoms with Gasteiger partial charge < -0.3 is 4.74 Å². The maximum Gasteiger partial charge on any atom is 0.178 e. The number of ketones is 1. The average Bonchev–Trinajstić information content (AvgIpc) is 2.67. The number of aryl methyl sites for hydroxylation is 2. The van der Waals surface area contributed by atoms with Gasteiger partial charge in [-0.05, 0) is 38.1 Å². The number of Topliss-reactive ketones (excluding diaryl/α,β-unsaturated/α-hetero) is 1. The molecule has 4 nitrogen and oxygen atoms in total. The summed E-state index contributed by atoms with van der Waals surface area (Å²) < 4.78 is 7.33. The summed E-state index contributed by atoms with van der Waals surface area (Å²) in [6.07, 6.45) is -0.220. The van der Waals surface area contributed by atoms with E-state index in [2.05, 4.69) is 5.10 Å². The van der Waals surface area contributed by atoms with Crippen molar-refractivity contribution in [2.75, 3.05) is 0 Å². The molecule has 0 radical (unpaired) electrons. The summed E-state index contributed by atoms with van der Waals surface area (Å²) in [5.74, 6) is 0.604.